The third kappa shape index (κ3) is 4.45. The van der Waals surface area contributed by atoms with Crippen molar-refractivity contribution in [3.8, 4) is 5.75 Å². The lowest BCUT2D eigenvalue weighted by Gasteiger charge is -2.04. The molecule has 0 aliphatic heterocycles. The molecule has 2 nitrogen and oxygen atoms in total. The van der Waals surface area contributed by atoms with E-state index < -0.39 is 0 Å². The van der Waals surface area contributed by atoms with Crippen molar-refractivity contribution in [1.82, 2.24) is 0 Å². The van der Waals surface area contributed by atoms with Crippen molar-refractivity contribution in [3.05, 3.63) is 35.4 Å². The standard InChI is InChI=1S/C11H12O2.C2H6/c1-9-5-6-11(13-2)10(8-9)4-3-7-12;1-2/h3-8H,1-2H3;1-2H3/b4-3-;. The number of carbonyl (C=O) groups excluding carboxylic acids is 1. The van der Waals surface area contributed by atoms with Gasteiger partial charge in [-0.05, 0) is 31.2 Å². The molecule has 0 N–H and O–H groups in total. The third-order valence-electron chi connectivity index (χ3n) is 1.74. The molecule has 0 spiro atoms. The molecule has 0 unspecified atom stereocenters. The van der Waals surface area contributed by atoms with Gasteiger partial charge in [-0.1, -0.05) is 25.5 Å². The van der Waals surface area contributed by atoms with E-state index in [1.807, 2.05) is 39.0 Å². The topological polar surface area (TPSA) is 26.3 Å². The highest BCUT2D eigenvalue weighted by Crippen LogP contribution is 2.20. The zero-order chi connectivity index (χ0) is 11.7. The Morgan fingerprint density at radius 1 is 1.27 bits per heavy atom. The summed E-state index contributed by atoms with van der Waals surface area (Å²) in [6.07, 6.45) is 3.94. The van der Waals surface area contributed by atoms with Crippen LogP contribution in [0.4, 0.5) is 0 Å². The molecule has 1 aromatic carbocycles. The Kier molecular flexibility index (Phi) is 6.98. The molecular weight excluding hydrogens is 188 g/mol. The first-order valence-corrected chi connectivity index (χ1v) is 5.04. The van der Waals surface area contributed by atoms with Gasteiger partial charge in [0.1, 0.15) is 12.0 Å². The maximum absolute atomic E-state index is 10.1. The zero-order valence-electron chi connectivity index (χ0n) is 9.78. The Bertz CT molecular complexity index is 327. The predicted octanol–water partition coefficient (Wildman–Crippen LogP) is 3.24. The Morgan fingerprint density at radius 3 is 2.47 bits per heavy atom. The summed E-state index contributed by atoms with van der Waals surface area (Å²) in [5.41, 5.74) is 2.07. The number of benzene rings is 1. The lowest BCUT2D eigenvalue weighted by atomic mass is 10.1. The molecular formula is C13H18O2. The highest BCUT2D eigenvalue weighted by atomic mass is 16.5. The van der Waals surface area contributed by atoms with Gasteiger partial charge in [0.25, 0.3) is 0 Å². The smallest absolute Gasteiger partial charge is 0.142 e. The molecule has 0 bridgehead atoms. The van der Waals surface area contributed by atoms with Crippen LogP contribution in [0.3, 0.4) is 0 Å². The summed E-state index contributed by atoms with van der Waals surface area (Å²) >= 11 is 0. The van der Waals surface area contributed by atoms with E-state index in [-0.39, 0.29) is 0 Å². The second kappa shape index (κ2) is 7.80. The van der Waals surface area contributed by atoms with Crippen molar-refractivity contribution in [2.45, 2.75) is 20.8 Å². The molecule has 0 heterocycles. The van der Waals surface area contributed by atoms with Crippen LogP contribution in [-0.4, -0.2) is 13.4 Å². The molecule has 2 heteroatoms. The van der Waals surface area contributed by atoms with Gasteiger partial charge in [-0.25, -0.2) is 0 Å². The molecule has 0 saturated heterocycles. The molecule has 0 saturated carbocycles. The van der Waals surface area contributed by atoms with Crippen LogP contribution in [-0.2, 0) is 4.79 Å². The van der Waals surface area contributed by atoms with Crippen LogP contribution < -0.4 is 4.74 Å². The summed E-state index contributed by atoms with van der Waals surface area (Å²) in [4.78, 5) is 10.1. The van der Waals surface area contributed by atoms with E-state index in [4.69, 9.17) is 4.74 Å². The first kappa shape index (κ1) is 13.4. The first-order valence-electron chi connectivity index (χ1n) is 5.04. The van der Waals surface area contributed by atoms with Crippen LogP contribution >= 0.6 is 0 Å². The average molecular weight is 206 g/mol. The third-order valence-corrected chi connectivity index (χ3v) is 1.74. The van der Waals surface area contributed by atoms with Gasteiger partial charge in [0.05, 0.1) is 7.11 Å². The predicted molar refractivity (Wildman–Crippen MR) is 64.2 cm³/mol. The van der Waals surface area contributed by atoms with Crippen LogP contribution in [0.5, 0.6) is 5.75 Å². The van der Waals surface area contributed by atoms with Gasteiger partial charge in [-0.3, -0.25) is 4.79 Å². The van der Waals surface area contributed by atoms with Crippen molar-refractivity contribution in [3.63, 3.8) is 0 Å². The van der Waals surface area contributed by atoms with E-state index in [9.17, 15) is 4.79 Å². The van der Waals surface area contributed by atoms with Gasteiger partial charge in [-0.2, -0.15) is 0 Å². The number of ether oxygens (including phenoxy) is 1. The van der Waals surface area contributed by atoms with E-state index in [0.29, 0.717) is 0 Å². The summed E-state index contributed by atoms with van der Waals surface area (Å²) in [7, 11) is 1.61. The number of aryl methyl sites for hydroxylation is 1. The van der Waals surface area contributed by atoms with Crippen LogP contribution in [0, 0.1) is 6.92 Å². The van der Waals surface area contributed by atoms with Crippen LogP contribution in [0.2, 0.25) is 0 Å². The Labute approximate surface area is 91.6 Å². The fraction of sp³-hybridized carbons (Fsp3) is 0.308. The van der Waals surface area contributed by atoms with Gasteiger partial charge >= 0.3 is 0 Å². The van der Waals surface area contributed by atoms with Crippen molar-refractivity contribution < 1.29 is 9.53 Å². The Balaban J connectivity index is 0.000000921. The molecule has 0 amide bonds. The lowest BCUT2D eigenvalue weighted by molar-refractivity contribution is -0.104. The number of hydrogen-bond donors (Lipinski definition) is 0. The Morgan fingerprint density at radius 2 is 1.93 bits per heavy atom. The van der Waals surface area contributed by atoms with E-state index in [1.165, 1.54) is 6.08 Å². The van der Waals surface area contributed by atoms with Gasteiger partial charge in [0.15, 0.2) is 0 Å². The number of hydrogen-bond acceptors (Lipinski definition) is 2. The molecule has 0 atom stereocenters. The van der Waals surface area contributed by atoms with E-state index in [0.717, 1.165) is 23.2 Å². The van der Waals surface area contributed by atoms with Crippen LogP contribution in [0.1, 0.15) is 25.0 Å². The molecule has 1 rings (SSSR count). The fourth-order valence-corrected chi connectivity index (χ4v) is 1.13. The second-order valence-electron chi connectivity index (χ2n) is 2.74. The molecule has 1 aromatic rings. The Hall–Kier alpha value is -1.57. The number of allylic oxidation sites excluding steroid dienone is 1. The minimum atomic E-state index is 0.752. The SMILES string of the molecule is CC.COc1ccc(C)cc1/C=C\C=O. The molecule has 0 fully saturated rings. The fourth-order valence-electron chi connectivity index (χ4n) is 1.13. The summed E-state index contributed by atoms with van der Waals surface area (Å²) in [6, 6.07) is 5.83. The van der Waals surface area contributed by atoms with Gasteiger partial charge in [0, 0.05) is 5.56 Å². The molecule has 0 aromatic heterocycles. The first-order chi connectivity index (χ1) is 7.27. The highest BCUT2D eigenvalue weighted by Gasteiger charge is 1.98. The second-order valence-corrected chi connectivity index (χ2v) is 2.74. The van der Waals surface area contributed by atoms with E-state index >= 15 is 0 Å². The highest BCUT2D eigenvalue weighted by molar-refractivity contribution is 5.75. The van der Waals surface area contributed by atoms with Crippen molar-refractivity contribution >= 4 is 12.4 Å². The minimum absolute atomic E-state index is 0.752. The number of methoxy groups -OCH3 is 1. The summed E-state index contributed by atoms with van der Waals surface area (Å²) in [5, 5.41) is 0. The number of rotatable bonds is 3. The van der Waals surface area contributed by atoms with Crippen LogP contribution in [0.25, 0.3) is 6.08 Å². The number of carbonyl (C=O) groups is 1. The minimum Gasteiger partial charge on any atom is -0.496 e. The van der Waals surface area contributed by atoms with Crippen molar-refractivity contribution in [1.29, 1.82) is 0 Å². The average Bonchev–Trinajstić information content (AvgIpc) is 2.29. The number of aldehydes is 1. The zero-order valence-corrected chi connectivity index (χ0v) is 9.78. The van der Waals surface area contributed by atoms with Gasteiger partial charge in [0.2, 0.25) is 0 Å². The largest absolute Gasteiger partial charge is 0.496 e. The molecule has 15 heavy (non-hydrogen) atoms. The summed E-state index contributed by atoms with van der Waals surface area (Å²) < 4.78 is 5.13. The lowest BCUT2D eigenvalue weighted by Crippen LogP contribution is -1.87. The van der Waals surface area contributed by atoms with Gasteiger partial charge < -0.3 is 4.74 Å². The monoisotopic (exact) mass is 206 g/mol. The normalized spacial score (nSPS) is 9.33. The quantitative estimate of drug-likeness (QED) is 0.560. The van der Waals surface area contributed by atoms with E-state index in [2.05, 4.69) is 0 Å². The molecule has 0 aliphatic carbocycles. The summed E-state index contributed by atoms with van der Waals surface area (Å²) in [5.74, 6) is 0.781. The van der Waals surface area contributed by atoms with Gasteiger partial charge in [-0.15, -0.1) is 0 Å². The summed E-state index contributed by atoms with van der Waals surface area (Å²) in [6.45, 7) is 6.00. The van der Waals surface area contributed by atoms with Crippen molar-refractivity contribution in [2.24, 2.45) is 0 Å². The van der Waals surface area contributed by atoms with Crippen molar-refractivity contribution in [2.75, 3.05) is 7.11 Å². The van der Waals surface area contributed by atoms with Crippen LogP contribution in [0.15, 0.2) is 24.3 Å². The molecule has 0 radical (unpaired) electrons. The molecule has 82 valence electrons. The maximum Gasteiger partial charge on any atom is 0.142 e. The maximum atomic E-state index is 10.1. The molecule has 0 aliphatic rings. The van der Waals surface area contributed by atoms with E-state index in [1.54, 1.807) is 13.2 Å².